The Kier molecular flexibility index (Phi) is 3.03. The molecule has 0 amide bonds. The summed E-state index contributed by atoms with van der Waals surface area (Å²) in [6, 6.07) is 1.61. The second-order valence-electron chi connectivity index (χ2n) is 5.68. The summed E-state index contributed by atoms with van der Waals surface area (Å²) >= 11 is 0. The van der Waals surface area contributed by atoms with Gasteiger partial charge in [0.25, 0.3) is 0 Å². The number of rotatable bonds is 4. The van der Waals surface area contributed by atoms with Crippen LogP contribution in [0, 0.1) is 11.8 Å². The van der Waals surface area contributed by atoms with Crippen molar-refractivity contribution in [3.8, 4) is 0 Å². The second kappa shape index (κ2) is 4.50. The average molecular weight is 220 g/mol. The molecule has 4 atom stereocenters. The van der Waals surface area contributed by atoms with Gasteiger partial charge in [-0.15, -0.1) is 0 Å². The molecule has 2 fully saturated rings. The molecule has 0 aromatic rings. The van der Waals surface area contributed by atoms with Crippen LogP contribution >= 0.6 is 0 Å². The molecule has 2 aliphatic carbocycles. The molecule has 90 valence electrons. The molecule has 3 aliphatic rings. The Bertz CT molecular complexity index is 274. The third-order valence-electron chi connectivity index (χ3n) is 4.88. The molecule has 1 saturated carbocycles. The van der Waals surface area contributed by atoms with Crippen LogP contribution in [0.1, 0.15) is 32.6 Å². The Labute approximate surface area is 99.1 Å². The number of likely N-dealkylation sites (N-methyl/N-ethyl adjacent to an activating group) is 1. The molecule has 0 spiro atoms. The fraction of sp³-hybridized carbons (Fsp3) is 0.857. The van der Waals surface area contributed by atoms with Gasteiger partial charge in [-0.05, 0) is 50.6 Å². The molecule has 3 rings (SSSR count). The summed E-state index contributed by atoms with van der Waals surface area (Å²) in [6.07, 6.45) is 10.4. The molecule has 2 heteroatoms. The number of nitrogens with one attached hydrogen (secondary N) is 1. The van der Waals surface area contributed by atoms with Crippen LogP contribution in [-0.2, 0) is 0 Å². The maximum Gasteiger partial charge on any atom is 0.0221 e. The number of hydrogen-bond donors (Lipinski definition) is 1. The highest BCUT2D eigenvalue weighted by Gasteiger charge is 2.41. The maximum absolute atomic E-state index is 3.80. The molecule has 0 bridgehead atoms. The van der Waals surface area contributed by atoms with Gasteiger partial charge in [-0.2, -0.15) is 0 Å². The van der Waals surface area contributed by atoms with Crippen LogP contribution in [0.2, 0.25) is 0 Å². The van der Waals surface area contributed by atoms with Crippen molar-refractivity contribution >= 4 is 0 Å². The van der Waals surface area contributed by atoms with E-state index < -0.39 is 0 Å². The standard InChI is InChI=1S/C14H24N2/c1-2-16-8-4-6-12(16)10-15-14-9-11-5-3-7-13(11)14/h3,7,11-15H,2,4-6,8-10H2,1H3. The minimum Gasteiger partial charge on any atom is -0.312 e. The number of nitrogens with zero attached hydrogens (tertiary/aromatic N) is 1. The predicted molar refractivity (Wildman–Crippen MR) is 67.4 cm³/mol. The van der Waals surface area contributed by atoms with E-state index in [0.717, 1.165) is 23.9 Å². The zero-order valence-corrected chi connectivity index (χ0v) is 10.4. The Morgan fingerprint density at radius 3 is 3.19 bits per heavy atom. The molecule has 4 unspecified atom stereocenters. The SMILES string of the molecule is CCN1CCCC1CNC1CC2CC=CC21. The Morgan fingerprint density at radius 1 is 1.44 bits per heavy atom. The summed E-state index contributed by atoms with van der Waals surface area (Å²) in [4.78, 5) is 2.63. The highest BCUT2D eigenvalue weighted by atomic mass is 15.2. The fourth-order valence-electron chi connectivity index (χ4n) is 3.78. The van der Waals surface area contributed by atoms with E-state index in [9.17, 15) is 0 Å². The van der Waals surface area contributed by atoms with E-state index in [4.69, 9.17) is 0 Å². The lowest BCUT2D eigenvalue weighted by molar-refractivity contribution is 0.149. The van der Waals surface area contributed by atoms with Gasteiger partial charge in [0.05, 0.1) is 0 Å². The largest absolute Gasteiger partial charge is 0.312 e. The van der Waals surface area contributed by atoms with Gasteiger partial charge in [-0.25, -0.2) is 0 Å². The Morgan fingerprint density at radius 2 is 2.38 bits per heavy atom. The Hall–Kier alpha value is -0.340. The first-order valence-electron chi connectivity index (χ1n) is 7.02. The molecule has 2 nitrogen and oxygen atoms in total. The third-order valence-corrected chi connectivity index (χ3v) is 4.88. The van der Waals surface area contributed by atoms with E-state index >= 15 is 0 Å². The van der Waals surface area contributed by atoms with Crippen molar-refractivity contribution in [3.63, 3.8) is 0 Å². The van der Waals surface area contributed by atoms with Gasteiger partial charge in [0.2, 0.25) is 0 Å². The summed E-state index contributed by atoms with van der Waals surface area (Å²) in [7, 11) is 0. The van der Waals surface area contributed by atoms with Gasteiger partial charge in [0.1, 0.15) is 0 Å². The van der Waals surface area contributed by atoms with E-state index in [-0.39, 0.29) is 0 Å². The molecule has 16 heavy (non-hydrogen) atoms. The maximum atomic E-state index is 3.80. The zero-order valence-electron chi connectivity index (χ0n) is 10.4. The minimum atomic E-state index is 0.794. The molecule has 0 aromatic carbocycles. The predicted octanol–water partition coefficient (Wildman–Crippen LogP) is 2.02. The van der Waals surface area contributed by atoms with Gasteiger partial charge in [-0.1, -0.05) is 19.1 Å². The van der Waals surface area contributed by atoms with Crippen molar-refractivity contribution in [2.75, 3.05) is 19.6 Å². The van der Waals surface area contributed by atoms with Gasteiger partial charge in [-0.3, -0.25) is 4.90 Å². The van der Waals surface area contributed by atoms with Gasteiger partial charge >= 0.3 is 0 Å². The van der Waals surface area contributed by atoms with Crippen molar-refractivity contribution in [2.45, 2.75) is 44.7 Å². The first kappa shape index (κ1) is 10.8. The number of allylic oxidation sites excluding steroid dienone is 1. The average Bonchev–Trinajstić information content (AvgIpc) is 2.86. The zero-order chi connectivity index (χ0) is 11.0. The van der Waals surface area contributed by atoms with E-state index in [0.29, 0.717) is 0 Å². The summed E-state index contributed by atoms with van der Waals surface area (Å²) < 4.78 is 0. The van der Waals surface area contributed by atoms with Crippen molar-refractivity contribution < 1.29 is 0 Å². The van der Waals surface area contributed by atoms with E-state index in [1.807, 2.05) is 0 Å². The smallest absolute Gasteiger partial charge is 0.0221 e. The summed E-state index contributed by atoms with van der Waals surface area (Å²) in [5.74, 6) is 1.86. The van der Waals surface area contributed by atoms with Crippen LogP contribution in [0.15, 0.2) is 12.2 Å². The monoisotopic (exact) mass is 220 g/mol. The normalized spacial score (nSPS) is 42.3. The summed E-state index contributed by atoms with van der Waals surface area (Å²) in [6.45, 7) is 6.05. The van der Waals surface area contributed by atoms with E-state index in [2.05, 4.69) is 29.3 Å². The van der Waals surface area contributed by atoms with Crippen LogP contribution in [0.4, 0.5) is 0 Å². The molecule has 1 N–H and O–H groups in total. The highest BCUT2D eigenvalue weighted by Crippen LogP contribution is 2.42. The molecule has 1 aliphatic heterocycles. The van der Waals surface area contributed by atoms with Crippen molar-refractivity contribution in [1.29, 1.82) is 0 Å². The van der Waals surface area contributed by atoms with Gasteiger partial charge < -0.3 is 5.32 Å². The lowest BCUT2D eigenvalue weighted by atomic mass is 9.71. The van der Waals surface area contributed by atoms with Crippen molar-refractivity contribution in [1.82, 2.24) is 10.2 Å². The van der Waals surface area contributed by atoms with Gasteiger partial charge in [0, 0.05) is 18.6 Å². The summed E-state index contributed by atoms with van der Waals surface area (Å²) in [5.41, 5.74) is 0. The van der Waals surface area contributed by atoms with Crippen LogP contribution in [0.3, 0.4) is 0 Å². The van der Waals surface area contributed by atoms with Gasteiger partial charge in [0.15, 0.2) is 0 Å². The highest BCUT2D eigenvalue weighted by molar-refractivity contribution is 5.13. The molecule has 0 aromatic heterocycles. The topological polar surface area (TPSA) is 15.3 Å². The van der Waals surface area contributed by atoms with E-state index in [1.165, 1.54) is 45.3 Å². The lowest BCUT2D eigenvalue weighted by Gasteiger charge is -2.41. The number of fused-ring (bicyclic) bond motifs is 1. The molecule has 1 heterocycles. The first-order chi connectivity index (χ1) is 7.88. The minimum absolute atomic E-state index is 0.794. The second-order valence-corrected chi connectivity index (χ2v) is 5.68. The third kappa shape index (κ3) is 1.82. The summed E-state index contributed by atoms with van der Waals surface area (Å²) in [5, 5.41) is 3.80. The molecule has 0 radical (unpaired) electrons. The quantitative estimate of drug-likeness (QED) is 0.729. The van der Waals surface area contributed by atoms with Crippen LogP contribution in [0.25, 0.3) is 0 Å². The van der Waals surface area contributed by atoms with Crippen LogP contribution < -0.4 is 5.32 Å². The van der Waals surface area contributed by atoms with Crippen molar-refractivity contribution in [3.05, 3.63) is 12.2 Å². The molecule has 1 saturated heterocycles. The number of likely N-dealkylation sites (tertiary alicyclic amines) is 1. The van der Waals surface area contributed by atoms with Crippen molar-refractivity contribution in [2.24, 2.45) is 11.8 Å². The van der Waals surface area contributed by atoms with Crippen LogP contribution in [-0.4, -0.2) is 36.6 Å². The lowest BCUT2D eigenvalue weighted by Crippen LogP contribution is -2.51. The van der Waals surface area contributed by atoms with E-state index in [1.54, 1.807) is 0 Å². The fourth-order valence-corrected chi connectivity index (χ4v) is 3.78. The Balaban J connectivity index is 1.45. The van der Waals surface area contributed by atoms with Crippen LogP contribution in [0.5, 0.6) is 0 Å². The first-order valence-corrected chi connectivity index (χ1v) is 7.02. The molecular formula is C14H24N2. The number of hydrogen-bond acceptors (Lipinski definition) is 2. The molecular weight excluding hydrogens is 196 g/mol.